The molecule has 1 fully saturated rings. The van der Waals surface area contributed by atoms with E-state index in [1.54, 1.807) is 12.1 Å². The Kier molecular flexibility index (Phi) is 3.86. The molecule has 0 radical (unpaired) electrons. The van der Waals surface area contributed by atoms with Crippen molar-refractivity contribution in [2.75, 3.05) is 36.5 Å². The number of nitriles is 2. The molecule has 1 N–H and O–H groups in total. The second kappa shape index (κ2) is 6.12. The van der Waals surface area contributed by atoms with Crippen LogP contribution in [0.2, 0.25) is 0 Å². The zero-order chi connectivity index (χ0) is 15.4. The van der Waals surface area contributed by atoms with Gasteiger partial charge in [-0.15, -0.1) is 0 Å². The summed E-state index contributed by atoms with van der Waals surface area (Å²) in [4.78, 5) is 2.16. The van der Waals surface area contributed by atoms with Gasteiger partial charge < -0.3 is 15.0 Å². The molecule has 1 aromatic carbocycles. The molecule has 8 heteroatoms. The second-order valence-electron chi connectivity index (χ2n) is 4.62. The summed E-state index contributed by atoms with van der Waals surface area (Å²) in [6.07, 6.45) is 1.33. The number of ether oxygens (including phenoxy) is 1. The van der Waals surface area contributed by atoms with Crippen LogP contribution in [0.15, 0.2) is 28.5 Å². The van der Waals surface area contributed by atoms with Gasteiger partial charge in [0.15, 0.2) is 11.0 Å². The van der Waals surface area contributed by atoms with Crippen LogP contribution in [-0.2, 0) is 4.74 Å². The summed E-state index contributed by atoms with van der Waals surface area (Å²) in [7, 11) is 0. The number of aromatic nitrogens is 2. The summed E-state index contributed by atoms with van der Waals surface area (Å²) >= 11 is 0. The average Bonchev–Trinajstić information content (AvgIpc) is 3.06. The average molecular weight is 296 g/mol. The van der Waals surface area contributed by atoms with Gasteiger partial charge in [-0.05, 0) is 22.4 Å². The van der Waals surface area contributed by atoms with E-state index in [1.807, 2.05) is 12.1 Å². The van der Waals surface area contributed by atoms with Crippen LogP contribution in [0.25, 0.3) is 11.0 Å². The fourth-order valence-electron chi connectivity index (χ4n) is 2.27. The minimum atomic E-state index is -0.0261. The fraction of sp³-hybridized carbons (Fsp3) is 0.286. The van der Waals surface area contributed by atoms with Crippen LogP contribution < -0.4 is 10.2 Å². The van der Waals surface area contributed by atoms with Crippen LogP contribution >= 0.6 is 0 Å². The standard InChI is InChI=1S/C14H12N6O2/c15-7-10(8-16)9-17-11-1-2-12(14-13(11)18-22-19-14)20-3-5-21-6-4-20/h1-2,9,17H,3-6H2. The van der Waals surface area contributed by atoms with Gasteiger partial charge in [-0.25, -0.2) is 4.63 Å². The van der Waals surface area contributed by atoms with E-state index >= 15 is 0 Å². The number of nitrogens with one attached hydrogen (secondary N) is 1. The molecule has 22 heavy (non-hydrogen) atoms. The molecule has 1 aromatic heterocycles. The molecule has 2 aromatic rings. The van der Waals surface area contributed by atoms with Crippen molar-refractivity contribution in [2.24, 2.45) is 0 Å². The van der Waals surface area contributed by atoms with Crippen molar-refractivity contribution < 1.29 is 9.37 Å². The molecule has 0 spiro atoms. The molecule has 0 unspecified atom stereocenters. The minimum Gasteiger partial charge on any atom is -0.378 e. The summed E-state index contributed by atoms with van der Waals surface area (Å²) in [5.41, 5.74) is 2.71. The van der Waals surface area contributed by atoms with Gasteiger partial charge in [0.2, 0.25) is 0 Å². The van der Waals surface area contributed by atoms with Gasteiger partial charge in [0.05, 0.1) is 24.6 Å². The number of allylic oxidation sites excluding steroid dienone is 1. The molecule has 0 atom stereocenters. The number of anilines is 2. The smallest absolute Gasteiger partial charge is 0.160 e. The maximum atomic E-state index is 8.75. The maximum absolute atomic E-state index is 8.75. The van der Waals surface area contributed by atoms with E-state index in [-0.39, 0.29) is 5.57 Å². The van der Waals surface area contributed by atoms with Gasteiger partial charge in [0, 0.05) is 19.3 Å². The van der Waals surface area contributed by atoms with Crippen molar-refractivity contribution in [3.8, 4) is 12.1 Å². The lowest BCUT2D eigenvalue weighted by Crippen LogP contribution is -2.36. The first-order valence-corrected chi connectivity index (χ1v) is 6.68. The van der Waals surface area contributed by atoms with Gasteiger partial charge in [0.25, 0.3) is 0 Å². The Labute approximate surface area is 126 Å². The SMILES string of the molecule is N#CC(C#N)=CNc1ccc(N2CCOCC2)c2nonc12. The van der Waals surface area contributed by atoms with Crippen LogP contribution in [0.1, 0.15) is 0 Å². The van der Waals surface area contributed by atoms with E-state index in [4.69, 9.17) is 19.9 Å². The largest absolute Gasteiger partial charge is 0.378 e. The Morgan fingerprint density at radius 3 is 2.64 bits per heavy atom. The highest BCUT2D eigenvalue weighted by atomic mass is 16.6. The fourth-order valence-corrected chi connectivity index (χ4v) is 2.27. The van der Waals surface area contributed by atoms with Gasteiger partial charge in [0.1, 0.15) is 17.7 Å². The molecule has 0 bridgehead atoms. The molecule has 2 heterocycles. The van der Waals surface area contributed by atoms with Crippen LogP contribution in [0.3, 0.4) is 0 Å². The third kappa shape index (κ3) is 2.55. The molecule has 1 saturated heterocycles. The van der Waals surface area contributed by atoms with Crippen molar-refractivity contribution in [1.29, 1.82) is 10.5 Å². The van der Waals surface area contributed by atoms with Crippen molar-refractivity contribution in [2.45, 2.75) is 0 Å². The number of benzene rings is 1. The van der Waals surface area contributed by atoms with E-state index in [0.29, 0.717) is 29.9 Å². The minimum absolute atomic E-state index is 0.0261. The lowest BCUT2D eigenvalue weighted by Gasteiger charge is -2.28. The molecule has 3 rings (SSSR count). The Bertz CT molecular complexity index is 776. The van der Waals surface area contributed by atoms with E-state index in [1.165, 1.54) is 6.20 Å². The zero-order valence-electron chi connectivity index (χ0n) is 11.6. The van der Waals surface area contributed by atoms with Gasteiger partial charge in [-0.3, -0.25) is 0 Å². The number of fused-ring (bicyclic) bond motifs is 1. The van der Waals surface area contributed by atoms with Gasteiger partial charge in [-0.2, -0.15) is 10.5 Å². The molecule has 0 amide bonds. The Morgan fingerprint density at radius 2 is 1.91 bits per heavy atom. The number of hydrogen-bond acceptors (Lipinski definition) is 8. The van der Waals surface area contributed by atoms with E-state index < -0.39 is 0 Å². The molecule has 1 aliphatic rings. The molecule has 0 saturated carbocycles. The number of nitrogens with zero attached hydrogens (tertiary/aromatic N) is 5. The normalized spacial score (nSPS) is 14.2. The first kappa shape index (κ1) is 13.9. The molecule has 1 aliphatic heterocycles. The lowest BCUT2D eigenvalue weighted by atomic mass is 10.2. The summed E-state index contributed by atoms with van der Waals surface area (Å²) in [6.45, 7) is 2.90. The number of hydrogen-bond donors (Lipinski definition) is 1. The number of morpholine rings is 1. The third-order valence-electron chi connectivity index (χ3n) is 3.36. The van der Waals surface area contributed by atoms with Crippen molar-refractivity contribution in [3.63, 3.8) is 0 Å². The van der Waals surface area contributed by atoms with Crippen LogP contribution in [0.5, 0.6) is 0 Å². The highest BCUT2D eigenvalue weighted by molar-refractivity contribution is 5.96. The van der Waals surface area contributed by atoms with Crippen molar-refractivity contribution in [1.82, 2.24) is 10.3 Å². The topological polar surface area (TPSA) is 111 Å². The summed E-state index contributed by atoms with van der Waals surface area (Å²) in [5, 5.41) is 28.2. The summed E-state index contributed by atoms with van der Waals surface area (Å²) in [6, 6.07) is 7.29. The van der Waals surface area contributed by atoms with E-state index in [0.717, 1.165) is 18.8 Å². The highest BCUT2D eigenvalue weighted by Gasteiger charge is 2.18. The van der Waals surface area contributed by atoms with Gasteiger partial charge in [-0.1, -0.05) is 0 Å². The van der Waals surface area contributed by atoms with Crippen molar-refractivity contribution in [3.05, 3.63) is 23.9 Å². The summed E-state index contributed by atoms with van der Waals surface area (Å²) in [5.74, 6) is 0. The molecule has 110 valence electrons. The first-order chi connectivity index (χ1) is 10.8. The van der Waals surface area contributed by atoms with Crippen LogP contribution in [-0.4, -0.2) is 36.6 Å². The molecular weight excluding hydrogens is 284 g/mol. The highest BCUT2D eigenvalue weighted by Crippen LogP contribution is 2.30. The van der Waals surface area contributed by atoms with Crippen molar-refractivity contribution >= 4 is 22.4 Å². The molecular formula is C14H12N6O2. The van der Waals surface area contributed by atoms with Crippen LogP contribution in [0, 0.1) is 22.7 Å². The predicted molar refractivity (Wildman–Crippen MR) is 77.8 cm³/mol. The molecule has 8 nitrogen and oxygen atoms in total. The second-order valence-corrected chi connectivity index (χ2v) is 4.62. The third-order valence-corrected chi connectivity index (χ3v) is 3.36. The van der Waals surface area contributed by atoms with Gasteiger partial charge >= 0.3 is 0 Å². The van der Waals surface area contributed by atoms with E-state index in [9.17, 15) is 0 Å². The molecule has 0 aliphatic carbocycles. The Morgan fingerprint density at radius 1 is 1.18 bits per heavy atom. The Balaban J connectivity index is 1.95. The summed E-state index contributed by atoms with van der Waals surface area (Å²) < 4.78 is 10.2. The quantitative estimate of drug-likeness (QED) is 0.846. The first-order valence-electron chi connectivity index (χ1n) is 6.68. The number of rotatable bonds is 3. The zero-order valence-corrected chi connectivity index (χ0v) is 11.6. The monoisotopic (exact) mass is 296 g/mol. The van der Waals surface area contributed by atoms with E-state index in [2.05, 4.69) is 20.5 Å². The lowest BCUT2D eigenvalue weighted by molar-refractivity contribution is 0.123. The van der Waals surface area contributed by atoms with Crippen LogP contribution in [0.4, 0.5) is 11.4 Å². The Hall–Kier alpha value is -3.10. The predicted octanol–water partition coefficient (Wildman–Crippen LogP) is 1.40. The maximum Gasteiger partial charge on any atom is 0.160 e.